The number of benzene rings is 1. The summed E-state index contributed by atoms with van der Waals surface area (Å²) in [5.74, 6) is -0.131. The highest BCUT2D eigenvalue weighted by Gasteiger charge is 2.16. The molecule has 1 aromatic carbocycles. The van der Waals surface area contributed by atoms with Crippen LogP contribution in [0.1, 0.15) is 16.1 Å². The maximum atomic E-state index is 12.8. The number of ketones is 1. The third kappa shape index (κ3) is 4.33. The summed E-state index contributed by atoms with van der Waals surface area (Å²) < 4.78 is 8.04. The van der Waals surface area contributed by atoms with E-state index >= 15 is 0 Å². The summed E-state index contributed by atoms with van der Waals surface area (Å²) in [4.78, 5) is 26.8. The normalized spacial score (nSPS) is 12.0. The maximum Gasteiger partial charge on any atom is 0.305 e. The van der Waals surface area contributed by atoms with E-state index in [2.05, 4.69) is 29.7 Å². The molecule has 0 aliphatic rings. The molecule has 0 radical (unpaired) electrons. The van der Waals surface area contributed by atoms with Crippen molar-refractivity contribution in [3.63, 3.8) is 0 Å². The molecular weight excluding hydrogens is 354 g/mol. The lowest BCUT2D eigenvalue weighted by Crippen LogP contribution is -2.22. The number of hydrogen-bond acceptors (Lipinski definition) is 5. The fraction of sp³-hybridized carbons (Fsp3) is 0.353. The van der Waals surface area contributed by atoms with Gasteiger partial charge >= 0.3 is 4.87 Å². The number of ether oxygens (including phenoxy) is 1. The van der Waals surface area contributed by atoms with Gasteiger partial charge in [0, 0.05) is 26.4 Å². The number of thiazole rings is 1. The second-order valence-corrected chi connectivity index (χ2v) is 13.8. The summed E-state index contributed by atoms with van der Waals surface area (Å²) in [6, 6.07) is 7.97. The van der Waals surface area contributed by atoms with Crippen LogP contribution in [0.25, 0.3) is 10.2 Å². The quantitative estimate of drug-likeness (QED) is 0.390. The fourth-order valence-electron chi connectivity index (χ4n) is 2.39. The van der Waals surface area contributed by atoms with E-state index < -0.39 is 8.07 Å². The van der Waals surface area contributed by atoms with Crippen LogP contribution in [0.3, 0.4) is 0 Å². The molecule has 3 aromatic rings. The average Bonchev–Trinajstić information content (AvgIpc) is 3.14. The average molecular weight is 376 g/mol. The summed E-state index contributed by atoms with van der Waals surface area (Å²) in [6.07, 6.45) is 1.60. The lowest BCUT2D eigenvalue weighted by molar-refractivity contribution is 0.0739. The van der Waals surface area contributed by atoms with E-state index in [9.17, 15) is 9.59 Å². The summed E-state index contributed by atoms with van der Waals surface area (Å²) in [6.45, 7) is 7.82. The van der Waals surface area contributed by atoms with Gasteiger partial charge in [-0.15, -0.1) is 0 Å². The molecule has 3 rings (SSSR count). The molecule has 6 nitrogen and oxygen atoms in total. The molecule has 1 N–H and O–H groups in total. The Morgan fingerprint density at radius 1 is 1.32 bits per heavy atom. The summed E-state index contributed by atoms with van der Waals surface area (Å²) in [7, 11) is -1.14. The van der Waals surface area contributed by atoms with Gasteiger partial charge in [-0.05, 0) is 30.3 Å². The molecule has 132 valence electrons. The molecule has 2 heterocycles. The fourth-order valence-corrected chi connectivity index (χ4v) is 3.92. The third-order valence-electron chi connectivity index (χ3n) is 3.84. The zero-order chi connectivity index (χ0) is 18.0. The number of nitrogens with one attached hydrogen (secondary N) is 1. The Kier molecular flexibility index (Phi) is 5.03. The van der Waals surface area contributed by atoms with E-state index in [1.807, 2.05) is 0 Å². The third-order valence-corrected chi connectivity index (χ3v) is 6.39. The Bertz CT molecular complexity index is 952. The van der Waals surface area contributed by atoms with Gasteiger partial charge in [0.15, 0.2) is 0 Å². The first-order valence-corrected chi connectivity index (χ1v) is 12.6. The Hall–Kier alpha value is -2.03. The van der Waals surface area contributed by atoms with E-state index in [-0.39, 0.29) is 17.4 Å². The number of carbonyl (C=O) groups is 1. The highest BCUT2D eigenvalue weighted by molar-refractivity contribution is 7.16. The van der Waals surface area contributed by atoms with Crippen molar-refractivity contribution >= 4 is 35.4 Å². The van der Waals surface area contributed by atoms with Crippen LogP contribution in [0.2, 0.25) is 25.7 Å². The highest BCUT2D eigenvalue weighted by atomic mass is 32.1. The second-order valence-electron chi connectivity index (χ2n) is 7.12. The van der Waals surface area contributed by atoms with Crippen LogP contribution in [0.15, 0.2) is 35.3 Å². The molecule has 25 heavy (non-hydrogen) atoms. The monoisotopic (exact) mass is 375 g/mol. The molecule has 0 aliphatic heterocycles. The van der Waals surface area contributed by atoms with Crippen LogP contribution in [0.5, 0.6) is 0 Å². The predicted octanol–water partition coefficient (Wildman–Crippen LogP) is 3.33. The number of H-pyrrole nitrogens is 1. The lowest BCUT2D eigenvalue weighted by atomic mass is 10.1. The summed E-state index contributed by atoms with van der Waals surface area (Å²) in [5.41, 5.74) is 1.76. The predicted molar refractivity (Wildman–Crippen MR) is 102 cm³/mol. The molecule has 0 bridgehead atoms. The zero-order valence-electron chi connectivity index (χ0n) is 14.5. The van der Waals surface area contributed by atoms with Crippen LogP contribution >= 0.6 is 11.3 Å². The van der Waals surface area contributed by atoms with Gasteiger partial charge in [0.2, 0.25) is 5.78 Å². The van der Waals surface area contributed by atoms with Gasteiger partial charge < -0.3 is 9.72 Å². The van der Waals surface area contributed by atoms with Crippen molar-refractivity contribution in [2.24, 2.45) is 0 Å². The Morgan fingerprint density at radius 3 is 2.88 bits per heavy atom. The number of nitrogens with zero attached hydrogens (tertiary/aromatic N) is 2. The van der Waals surface area contributed by atoms with Crippen molar-refractivity contribution in [3.8, 4) is 0 Å². The van der Waals surface area contributed by atoms with Crippen molar-refractivity contribution in [1.82, 2.24) is 14.8 Å². The van der Waals surface area contributed by atoms with E-state index in [0.717, 1.165) is 27.6 Å². The van der Waals surface area contributed by atoms with Crippen molar-refractivity contribution < 1.29 is 9.53 Å². The van der Waals surface area contributed by atoms with Crippen LogP contribution in [-0.4, -0.2) is 35.2 Å². The van der Waals surface area contributed by atoms with Gasteiger partial charge in [-0.2, -0.15) is 5.10 Å². The van der Waals surface area contributed by atoms with Gasteiger partial charge in [0.1, 0.15) is 12.4 Å². The summed E-state index contributed by atoms with van der Waals surface area (Å²) in [5, 5.41) is 4.19. The van der Waals surface area contributed by atoms with Gasteiger partial charge in [-0.1, -0.05) is 31.0 Å². The molecule has 0 fully saturated rings. The van der Waals surface area contributed by atoms with E-state index in [0.29, 0.717) is 17.9 Å². The van der Waals surface area contributed by atoms with Crippen molar-refractivity contribution in [3.05, 3.63) is 51.4 Å². The van der Waals surface area contributed by atoms with Crippen LogP contribution in [0, 0.1) is 0 Å². The smallest absolute Gasteiger partial charge is 0.305 e. The molecule has 0 aliphatic carbocycles. The van der Waals surface area contributed by atoms with Crippen molar-refractivity contribution in [2.75, 3.05) is 6.61 Å². The van der Waals surface area contributed by atoms with Crippen molar-refractivity contribution in [1.29, 1.82) is 0 Å². The molecule has 0 saturated heterocycles. The first kappa shape index (κ1) is 17.8. The number of carbonyl (C=O) groups excluding carboxylic acids is 1. The molecule has 0 spiro atoms. The van der Waals surface area contributed by atoms with Crippen molar-refractivity contribution in [2.45, 2.75) is 32.4 Å². The molecule has 0 amide bonds. The first-order valence-electron chi connectivity index (χ1n) is 8.11. The molecule has 0 unspecified atom stereocenters. The number of hydrogen-bond donors (Lipinski definition) is 1. The number of aromatic amines is 1. The van der Waals surface area contributed by atoms with Crippen LogP contribution in [-0.2, 0) is 11.5 Å². The largest absolute Gasteiger partial charge is 0.360 e. The number of rotatable bonds is 7. The molecule has 0 atom stereocenters. The number of aromatic nitrogens is 3. The standard InChI is InChI=1S/C17H21N3O3SSi/c1-25(2,3)9-8-23-11-20-14(6-7-18-20)16(21)12-4-5-13-15(10-12)24-17(22)19-13/h4-7,10H,8-9,11H2,1-3H3,(H,19,22). The molecule has 0 saturated carbocycles. The SMILES string of the molecule is C[Si](C)(C)CCOCn1nccc1C(=O)c1ccc2[nH]c(=O)sc2c1. The van der Waals surface area contributed by atoms with E-state index in [1.165, 1.54) is 0 Å². The minimum Gasteiger partial charge on any atom is -0.360 e. The maximum absolute atomic E-state index is 12.8. The van der Waals surface area contributed by atoms with E-state index in [1.54, 1.807) is 35.1 Å². The lowest BCUT2D eigenvalue weighted by Gasteiger charge is -2.15. The first-order chi connectivity index (χ1) is 11.8. The van der Waals surface area contributed by atoms with Crippen LogP contribution < -0.4 is 4.87 Å². The van der Waals surface area contributed by atoms with Gasteiger partial charge in [-0.25, -0.2) is 4.68 Å². The number of fused-ring (bicyclic) bond motifs is 1. The second kappa shape index (κ2) is 7.07. The minimum atomic E-state index is -1.14. The Balaban J connectivity index is 1.73. The molecule has 8 heteroatoms. The summed E-state index contributed by atoms with van der Waals surface area (Å²) >= 11 is 1.10. The van der Waals surface area contributed by atoms with Gasteiger partial charge in [-0.3, -0.25) is 9.59 Å². The van der Waals surface area contributed by atoms with Gasteiger partial charge in [0.25, 0.3) is 0 Å². The zero-order valence-corrected chi connectivity index (χ0v) is 16.4. The molecule has 2 aromatic heterocycles. The topological polar surface area (TPSA) is 77.0 Å². The highest BCUT2D eigenvalue weighted by Crippen LogP contribution is 2.19. The van der Waals surface area contributed by atoms with E-state index in [4.69, 9.17) is 4.74 Å². The Labute approximate surface area is 150 Å². The van der Waals surface area contributed by atoms with Gasteiger partial charge in [0.05, 0.1) is 10.2 Å². The minimum absolute atomic E-state index is 0.125. The van der Waals surface area contributed by atoms with Crippen LogP contribution in [0.4, 0.5) is 0 Å². The molecular formula is C17H21N3O3SSi. The Morgan fingerprint density at radius 2 is 2.12 bits per heavy atom.